The molecule has 17 heavy (non-hydrogen) atoms. The van der Waals surface area contributed by atoms with E-state index in [9.17, 15) is 0 Å². The summed E-state index contributed by atoms with van der Waals surface area (Å²) < 4.78 is 5.12. The normalized spacial score (nSPS) is 9.94. The van der Waals surface area contributed by atoms with Gasteiger partial charge >= 0.3 is 0 Å². The number of nitrogens with zero attached hydrogens (tertiary/aromatic N) is 1. The highest BCUT2D eigenvalue weighted by Crippen LogP contribution is 2.22. The second-order valence-electron chi connectivity index (χ2n) is 3.91. The highest BCUT2D eigenvalue weighted by atomic mass is 32.2. The lowest BCUT2D eigenvalue weighted by Gasteiger charge is -2.05. The highest BCUT2D eigenvalue weighted by Gasteiger charge is 2.03. The number of rotatable bonds is 7. The van der Waals surface area contributed by atoms with Crippen LogP contribution in [-0.4, -0.2) is 12.9 Å². The molecule has 0 aliphatic heterocycles. The summed E-state index contributed by atoms with van der Waals surface area (Å²) in [5, 5.41) is 8.98. The largest absolute Gasteiger partial charge is 0.495 e. The Balaban J connectivity index is 2.47. The molecular weight excluding hydrogens is 230 g/mol. The van der Waals surface area contributed by atoms with E-state index in [2.05, 4.69) is 13.0 Å². The first kappa shape index (κ1) is 13.9. The van der Waals surface area contributed by atoms with Crippen molar-refractivity contribution >= 4 is 11.8 Å². The van der Waals surface area contributed by atoms with Crippen molar-refractivity contribution < 1.29 is 4.74 Å². The fourth-order valence-electron chi connectivity index (χ4n) is 1.58. The van der Waals surface area contributed by atoms with Crippen molar-refractivity contribution in [3.8, 4) is 11.8 Å². The molecule has 1 aromatic carbocycles. The zero-order chi connectivity index (χ0) is 12.5. The molecule has 0 aromatic heterocycles. The quantitative estimate of drug-likeness (QED) is 0.685. The first-order valence-corrected chi connectivity index (χ1v) is 7.12. The summed E-state index contributed by atoms with van der Waals surface area (Å²) in [6.07, 6.45) is 3.85. The molecule has 0 atom stereocenters. The highest BCUT2D eigenvalue weighted by molar-refractivity contribution is 7.98. The van der Waals surface area contributed by atoms with E-state index >= 15 is 0 Å². The Morgan fingerprint density at radius 3 is 2.82 bits per heavy atom. The minimum Gasteiger partial charge on any atom is -0.495 e. The molecule has 0 N–H and O–H groups in total. The third-order valence-corrected chi connectivity index (χ3v) is 3.66. The lowest BCUT2D eigenvalue weighted by Crippen LogP contribution is -1.90. The minimum atomic E-state index is 0.624. The third kappa shape index (κ3) is 4.70. The topological polar surface area (TPSA) is 33.0 Å². The summed E-state index contributed by atoms with van der Waals surface area (Å²) in [4.78, 5) is 0. The lowest BCUT2D eigenvalue weighted by atomic mass is 10.1. The number of hydrogen-bond acceptors (Lipinski definition) is 3. The van der Waals surface area contributed by atoms with E-state index < -0.39 is 0 Å². The van der Waals surface area contributed by atoms with Gasteiger partial charge in [-0.05, 0) is 29.9 Å². The second kappa shape index (κ2) is 8.03. The molecule has 0 aliphatic carbocycles. The molecule has 0 fully saturated rings. The van der Waals surface area contributed by atoms with E-state index in [1.165, 1.54) is 30.6 Å². The number of unbranched alkanes of at least 4 members (excludes halogenated alkanes) is 2. The average Bonchev–Trinajstić information content (AvgIpc) is 2.38. The molecule has 92 valence electrons. The Kier molecular flexibility index (Phi) is 6.57. The van der Waals surface area contributed by atoms with E-state index in [1.54, 1.807) is 7.11 Å². The first-order chi connectivity index (χ1) is 8.31. The zero-order valence-electron chi connectivity index (χ0n) is 10.5. The van der Waals surface area contributed by atoms with Crippen LogP contribution in [0.2, 0.25) is 0 Å². The molecule has 0 amide bonds. The van der Waals surface area contributed by atoms with E-state index in [1.807, 2.05) is 30.0 Å². The number of ether oxygens (including phenoxy) is 1. The molecule has 0 unspecified atom stereocenters. The maximum atomic E-state index is 8.98. The fourth-order valence-corrected chi connectivity index (χ4v) is 2.54. The summed E-state index contributed by atoms with van der Waals surface area (Å²) in [5.74, 6) is 2.83. The smallest absolute Gasteiger partial charge is 0.136 e. The van der Waals surface area contributed by atoms with Crippen LogP contribution < -0.4 is 4.74 Å². The monoisotopic (exact) mass is 249 g/mol. The first-order valence-electron chi connectivity index (χ1n) is 5.96. The van der Waals surface area contributed by atoms with Gasteiger partial charge in [-0.3, -0.25) is 0 Å². The summed E-state index contributed by atoms with van der Waals surface area (Å²) in [7, 11) is 1.59. The molecule has 0 bridgehead atoms. The maximum Gasteiger partial charge on any atom is 0.136 e. The van der Waals surface area contributed by atoms with E-state index in [4.69, 9.17) is 10.00 Å². The van der Waals surface area contributed by atoms with Crippen LogP contribution in [0.25, 0.3) is 0 Å². The number of methoxy groups -OCH3 is 1. The predicted octanol–water partition coefficient (Wildman–Crippen LogP) is 3.99. The molecule has 0 radical (unpaired) electrons. The van der Waals surface area contributed by atoms with Crippen LogP contribution >= 0.6 is 11.8 Å². The average molecular weight is 249 g/mol. The van der Waals surface area contributed by atoms with Gasteiger partial charge in [0.15, 0.2) is 0 Å². The van der Waals surface area contributed by atoms with Gasteiger partial charge in [0.25, 0.3) is 0 Å². The lowest BCUT2D eigenvalue weighted by molar-refractivity contribution is 0.413. The van der Waals surface area contributed by atoms with Gasteiger partial charge in [-0.25, -0.2) is 0 Å². The zero-order valence-corrected chi connectivity index (χ0v) is 11.3. The van der Waals surface area contributed by atoms with E-state index in [0.29, 0.717) is 11.3 Å². The number of benzene rings is 1. The van der Waals surface area contributed by atoms with Crippen LogP contribution in [0.4, 0.5) is 0 Å². The SMILES string of the molecule is CCCCCSCc1ccc(OC)c(C#N)c1. The van der Waals surface area contributed by atoms with Gasteiger partial charge in [-0.2, -0.15) is 17.0 Å². The van der Waals surface area contributed by atoms with Gasteiger partial charge < -0.3 is 4.74 Å². The van der Waals surface area contributed by atoms with Crippen LogP contribution in [0.3, 0.4) is 0 Å². The Hall–Kier alpha value is -1.14. The molecule has 0 aliphatic rings. The van der Waals surface area contributed by atoms with Crippen LogP contribution in [-0.2, 0) is 5.75 Å². The molecule has 1 aromatic rings. The van der Waals surface area contributed by atoms with Crippen molar-refractivity contribution in [3.63, 3.8) is 0 Å². The van der Waals surface area contributed by atoms with Crippen molar-refractivity contribution in [2.75, 3.05) is 12.9 Å². The Morgan fingerprint density at radius 2 is 2.18 bits per heavy atom. The fraction of sp³-hybridized carbons (Fsp3) is 0.500. The van der Waals surface area contributed by atoms with Gasteiger partial charge in [0, 0.05) is 5.75 Å². The van der Waals surface area contributed by atoms with Crippen molar-refractivity contribution in [3.05, 3.63) is 29.3 Å². The Bertz CT molecular complexity index is 384. The minimum absolute atomic E-state index is 0.624. The molecule has 0 saturated heterocycles. The molecule has 3 heteroatoms. The van der Waals surface area contributed by atoms with Gasteiger partial charge in [0.1, 0.15) is 11.8 Å². The van der Waals surface area contributed by atoms with E-state index in [0.717, 1.165) is 5.75 Å². The number of hydrogen-bond donors (Lipinski definition) is 0. The Labute approximate surface area is 108 Å². The summed E-state index contributed by atoms with van der Waals surface area (Å²) in [6.45, 7) is 2.22. The maximum absolute atomic E-state index is 8.98. The molecular formula is C14H19NOS. The van der Waals surface area contributed by atoms with Crippen LogP contribution in [0, 0.1) is 11.3 Å². The molecule has 0 heterocycles. The summed E-state index contributed by atoms with van der Waals surface area (Å²) in [6, 6.07) is 8.00. The number of thioether (sulfide) groups is 1. The standard InChI is InChI=1S/C14H19NOS/c1-3-4-5-8-17-11-12-6-7-14(16-2)13(9-12)10-15/h6-7,9H,3-5,8,11H2,1-2H3. The molecule has 2 nitrogen and oxygen atoms in total. The van der Waals surface area contributed by atoms with Crippen LogP contribution in [0.5, 0.6) is 5.75 Å². The third-order valence-electron chi connectivity index (χ3n) is 2.55. The van der Waals surface area contributed by atoms with Crippen molar-refractivity contribution in [2.45, 2.75) is 31.9 Å². The molecule has 1 rings (SSSR count). The predicted molar refractivity (Wildman–Crippen MR) is 73.4 cm³/mol. The van der Waals surface area contributed by atoms with Crippen molar-refractivity contribution in [2.24, 2.45) is 0 Å². The molecule has 0 saturated carbocycles. The van der Waals surface area contributed by atoms with Gasteiger partial charge in [0.2, 0.25) is 0 Å². The van der Waals surface area contributed by atoms with E-state index in [-0.39, 0.29) is 0 Å². The summed E-state index contributed by atoms with van der Waals surface area (Å²) >= 11 is 1.93. The molecule has 0 spiro atoms. The Morgan fingerprint density at radius 1 is 1.35 bits per heavy atom. The second-order valence-corrected chi connectivity index (χ2v) is 5.01. The summed E-state index contributed by atoms with van der Waals surface area (Å²) in [5.41, 5.74) is 1.82. The van der Waals surface area contributed by atoms with Gasteiger partial charge in [-0.15, -0.1) is 0 Å². The van der Waals surface area contributed by atoms with Crippen LogP contribution in [0.1, 0.15) is 37.3 Å². The van der Waals surface area contributed by atoms with Crippen molar-refractivity contribution in [1.29, 1.82) is 5.26 Å². The van der Waals surface area contributed by atoms with Gasteiger partial charge in [0.05, 0.1) is 12.7 Å². The van der Waals surface area contributed by atoms with Crippen molar-refractivity contribution in [1.82, 2.24) is 0 Å². The van der Waals surface area contributed by atoms with Gasteiger partial charge in [-0.1, -0.05) is 25.8 Å². The number of nitriles is 1. The van der Waals surface area contributed by atoms with Crippen LogP contribution in [0.15, 0.2) is 18.2 Å².